The highest BCUT2D eigenvalue weighted by Gasteiger charge is 2.06. The predicted molar refractivity (Wildman–Crippen MR) is 54.1 cm³/mol. The number of nitrogens with one attached hydrogen (secondary N) is 2. The molecule has 0 saturated heterocycles. The molecular weight excluding hydrogens is 166 g/mol. The minimum absolute atomic E-state index is 0.429. The van der Waals surface area contributed by atoms with E-state index in [2.05, 4.69) is 10.6 Å². The summed E-state index contributed by atoms with van der Waals surface area (Å²) in [6.45, 7) is 0. The van der Waals surface area contributed by atoms with E-state index >= 15 is 0 Å². The molecule has 0 bridgehead atoms. The van der Waals surface area contributed by atoms with Gasteiger partial charge in [0, 0.05) is 25.5 Å². The highest BCUT2D eigenvalue weighted by Crippen LogP contribution is 2.19. The number of carbonyl (C=O) groups excluding carboxylic acids is 1. The minimum Gasteiger partial charge on any atom is -0.388 e. The second-order valence-electron chi connectivity index (χ2n) is 2.62. The molecule has 70 valence electrons. The van der Waals surface area contributed by atoms with Crippen LogP contribution in [0.1, 0.15) is 10.4 Å². The molecule has 1 amide bonds. The first kappa shape index (κ1) is 9.38. The van der Waals surface area contributed by atoms with Gasteiger partial charge >= 0.3 is 0 Å². The fraction of sp³-hybridized carbons (Fsp3) is 0.222. The van der Waals surface area contributed by atoms with Gasteiger partial charge in [0.1, 0.15) is 0 Å². The van der Waals surface area contributed by atoms with Crippen molar-refractivity contribution in [2.75, 3.05) is 24.7 Å². The lowest BCUT2D eigenvalue weighted by molar-refractivity contribution is 0.100. The summed E-state index contributed by atoms with van der Waals surface area (Å²) in [4.78, 5) is 11.0. The molecule has 0 aliphatic heterocycles. The smallest absolute Gasteiger partial charge is 0.250 e. The number of rotatable bonds is 3. The zero-order valence-electron chi connectivity index (χ0n) is 7.72. The molecule has 0 aliphatic carbocycles. The van der Waals surface area contributed by atoms with E-state index < -0.39 is 5.91 Å². The Balaban J connectivity index is 3.18. The van der Waals surface area contributed by atoms with Crippen LogP contribution in [0.5, 0.6) is 0 Å². The second kappa shape index (κ2) is 3.80. The third-order valence-corrected chi connectivity index (χ3v) is 1.84. The summed E-state index contributed by atoms with van der Waals surface area (Å²) in [5.74, 6) is -0.429. The number of benzene rings is 1. The molecule has 0 saturated carbocycles. The van der Waals surface area contributed by atoms with Crippen LogP contribution in [0.3, 0.4) is 0 Å². The van der Waals surface area contributed by atoms with Crippen molar-refractivity contribution in [3.8, 4) is 0 Å². The standard InChI is InChI=1S/C9H13N3O/c1-11-6-3-4-8(12-2)7(5-6)9(10)13/h3-5,11-12H,1-2H3,(H2,10,13). The Bertz CT molecular complexity index is 323. The van der Waals surface area contributed by atoms with Gasteiger partial charge in [-0.15, -0.1) is 0 Å². The van der Waals surface area contributed by atoms with Crippen LogP contribution in [-0.4, -0.2) is 20.0 Å². The van der Waals surface area contributed by atoms with Gasteiger partial charge < -0.3 is 16.4 Å². The number of hydrogen-bond acceptors (Lipinski definition) is 3. The Labute approximate surface area is 77.1 Å². The number of anilines is 2. The third kappa shape index (κ3) is 1.90. The Morgan fingerprint density at radius 1 is 1.31 bits per heavy atom. The van der Waals surface area contributed by atoms with Crippen molar-refractivity contribution < 1.29 is 4.79 Å². The Kier molecular flexibility index (Phi) is 2.74. The third-order valence-electron chi connectivity index (χ3n) is 1.84. The molecule has 4 nitrogen and oxygen atoms in total. The van der Waals surface area contributed by atoms with Crippen molar-refractivity contribution in [3.05, 3.63) is 23.8 Å². The van der Waals surface area contributed by atoms with Crippen LogP contribution in [0.4, 0.5) is 11.4 Å². The Morgan fingerprint density at radius 2 is 2.00 bits per heavy atom. The lowest BCUT2D eigenvalue weighted by atomic mass is 10.1. The van der Waals surface area contributed by atoms with E-state index in [1.165, 1.54) is 0 Å². The van der Waals surface area contributed by atoms with Crippen LogP contribution >= 0.6 is 0 Å². The fourth-order valence-electron chi connectivity index (χ4n) is 1.12. The van der Waals surface area contributed by atoms with Gasteiger partial charge in [-0.2, -0.15) is 0 Å². The number of primary amides is 1. The fourth-order valence-corrected chi connectivity index (χ4v) is 1.12. The van der Waals surface area contributed by atoms with Crippen LogP contribution in [0.15, 0.2) is 18.2 Å². The summed E-state index contributed by atoms with van der Waals surface area (Å²) in [6.07, 6.45) is 0. The van der Waals surface area contributed by atoms with Gasteiger partial charge in [-0.3, -0.25) is 4.79 Å². The van der Waals surface area contributed by atoms with Crippen molar-refractivity contribution in [2.24, 2.45) is 5.73 Å². The first-order valence-electron chi connectivity index (χ1n) is 3.98. The maximum atomic E-state index is 11.0. The molecular formula is C9H13N3O. The average Bonchev–Trinajstić information content (AvgIpc) is 2.16. The SMILES string of the molecule is CNc1ccc(NC)c(C(N)=O)c1. The van der Waals surface area contributed by atoms with Crippen molar-refractivity contribution in [1.29, 1.82) is 0 Å². The first-order chi connectivity index (χ1) is 6.19. The van der Waals surface area contributed by atoms with Gasteiger partial charge in [-0.25, -0.2) is 0 Å². The van der Waals surface area contributed by atoms with Gasteiger partial charge in [-0.1, -0.05) is 0 Å². The maximum absolute atomic E-state index is 11.0. The largest absolute Gasteiger partial charge is 0.388 e. The molecule has 4 N–H and O–H groups in total. The number of carbonyl (C=O) groups is 1. The first-order valence-corrected chi connectivity index (χ1v) is 3.98. The summed E-state index contributed by atoms with van der Waals surface area (Å²) >= 11 is 0. The topological polar surface area (TPSA) is 67.2 Å². The predicted octanol–water partition coefficient (Wildman–Crippen LogP) is 0.869. The highest BCUT2D eigenvalue weighted by molar-refractivity contribution is 5.99. The summed E-state index contributed by atoms with van der Waals surface area (Å²) < 4.78 is 0. The monoisotopic (exact) mass is 179 g/mol. The van der Waals surface area contributed by atoms with Gasteiger partial charge in [0.2, 0.25) is 0 Å². The molecule has 0 spiro atoms. The Morgan fingerprint density at radius 3 is 2.46 bits per heavy atom. The second-order valence-corrected chi connectivity index (χ2v) is 2.62. The summed E-state index contributed by atoms with van der Waals surface area (Å²) in [5.41, 5.74) is 7.31. The summed E-state index contributed by atoms with van der Waals surface area (Å²) in [6, 6.07) is 5.40. The number of nitrogens with two attached hydrogens (primary N) is 1. The zero-order chi connectivity index (χ0) is 9.84. The highest BCUT2D eigenvalue weighted by atomic mass is 16.1. The van der Waals surface area contributed by atoms with Gasteiger partial charge in [0.05, 0.1) is 5.56 Å². The van der Waals surface area contributed by atoms with E-state index in [9.17, 15) is 4.79 Å². The molecule has 0 fully saturated rings. The Hall–Kier alpha value is -1.71. The molecule has 13 heavy (non-hydrogen) atoms. The molecule has 0 aromatic heterocycles. The van der Waals surface area contributed by atoms with Gasteiger partial charge in [0.15, 0.2) is 0 Å². The van der Waals surface area contributed by atoms with Crippen LogP contribution < -0.4 is 16.4 Å². The van der Waals surface area contributed by atoms with Gasteiger partial charge in [0.25, 0.3) is 5.91 Å². The van der Waals surface area contributed by atoms with E-state index in [1.54, 1.807) is 20.2 Å². The van der Waals surface area contributed by atoms with E-state index in [0.29, 0.717) is 5.56 Å². The van der Waals surface area contributed by atoms with Crippen molar-refractivity contribution in [1.82, 2.24) is 0 Å². The number of hydrogen-bond donors (Lipinski definition) is 3. The molecule has 1 aromatic carbocycles. The minimum atomic E-state index is -0.429. The lowest BCUT2D eigenvalue weighted by Gasteiger charge is -2.08. The molecule has 4 heteroatoms. The lowest BCUT2D eigenvalue weighted by Crippen LogP contribution is -2.13. The molecule has 0 aliphatic rings. The van der Waals surface area contributed by atoms with Crippen molar-refractivity contribution in [2.45, 2.75) is 0 Å². The van der Waals surface area contributed by atoms with Crippen LogP contribution in [0, 0.1) is 0 Å². The van der Waals surface area contributed by atoms with Crippen LogP contribution in [0.25, 0.3) is 0 Å². The van der Waals surface area contributed by atoms with Crippen molar-refractivity contribution in [3.63, 3.8) is 0 Å². The van der Waals surface area contributed by atoms with E-state index in [-0.39, 0.29) is 0 Å². The summed E-state index contributed by atoms with van der Waals surface area (Å²) in [7, 11) is 3.54. The molecule has 0 heterocycles. The van der Waals surface area contributed by atoms with E-state index in [1.807, 2.05) is 12.1 Å². The molecule has 1 aromatic rings. The maximum Gasteiger partial charge on any atom is 0.250 e. The summed E-state index contributed by atoms with van der Waals surface area (Å²) in [5, 5.41) is 5.84. The zero-order valence-corrected chi connectivity index (χ0v) is 7.72. The van der Waals surface area contributed by atoms with E-state index in [4.69, 9.17) is 5.73 Å². The normalized spacial score (nSPS) is 9.38. The number of amides is 1. The van der Waals surface area contributed by atoms with E-state index in [0.717, 1.165) is 11.4 Å². The van der Waals surface area contributed by atoms with Gasteiger partial charge in [-0.05, 0) is 18.2 Å². The van der Waals surface area contributed by atoms with Crippen LogP contribution in [-0.2, 0) is 0 Å². The molecule has 0 unspecified atom stereocenters. The van der Waals surface area contributed by atoms with Crippen molar-refractivity contribution >= 4 is 17.3 Å². The molecule has 0 atom stereocenters. The van der Waals surface area contributed by atoms with Crippen LogP contribution in [0.2, 0.25) is 0 Å². The average molecular weight is 179 g/mol. The molecule has 0 radical (unpaired) electrons. The quantitative estimate of drug-likeness (QED) is 0.645. The molecule has 1 rings (SSSR count).